The van der Waals surface area contributed by atoms with Crippen LogP contribution in [0, 0.1) is 0 Å². The van der Waals surface area contributed by atoms with E-state index in [0.717, 1.165) is 12.1 Å². The molecule has 1 aromatic carbocycles. The second-order valence-electron chi connectivity index (χ2n) is 4.28. The van der Waals surface area contributed by atoms with Crippen LogP contribution in [-0.2, 0) is 11.0 Å². The van der Waals surface area contributed by atoms with Crippen LogP contribution in [0.1, 0.15) is 23.6 Å². The summed E-state index contributed by atoms with van der Waals surface area (Å²) in [7, 11) is 0. The van der Waals surface area contributed by atoms with Crippen molar-refractivity contribution >= 4 is 5.91 Å². The van der Waals surface area contributed by atoms with Gasteiger partial charge in [0.15, 0.2) is 0 Å². The molecule has 1 unspecified atom stereocenters. The van der Waals surface area contributed by atoms with Gasteiger partial charge in [0.2, 0.25) is 5.91 Å². The second kappa shape index (κ2) is 5.18. The quantitative estimate of drug-likeness (QED) is 0.877. The highest BCUT2D eigenvalue weighted by Crippen LogP contribution is 2.32. The van der Waals surface area contributed by atoms with Crippen LogP contribution in [0.25, 0.3) is 0 Å². The molecular weight excluding hydrogens is 261 g/mol. The molecule has 19 heavy (non-hydrogen) atoms. The van der Waals surface area contributed by atoms with Gasteiger partial charge in [0.05, 0.1) is 24.8 Å². The van der Waals surface area contributed by atoms with E-state index in [1.54, 1.807) is 6.07 Å². The largest absolute Gasteiger partial charge is 0.416 e. The number of amides is 1. The molecule has 1 atom stereocenters. The Kier molecular flexibility index (Phi) is 3.77. The standard InChI is InChI=1S/C12H13F3N2O2/c13-12(14,15)9-3-1-2-8(6-9)10-7-11(19)17(16-10)4-5-18/h1-3,6,10,16,18H,4-5,7H2. The molecular formula is C12H13F3N2O2. The van der Waals surface area contributed by atoms with Gasteiger partial charge in [-0.05, 0) is 17.7 Å². The molecule has 0 bridgehead atoms. The number of hydrogen-bond donors (Lipinski definition) is 2. The fourth-order valence-electron chi connectivity index (χ4n) is 2.00. The molecule has 1 aromatic rings. The van der Waals surface area contributed by atoms with Crippen molar-refractivity contribution in [2.75, 3.05) is 13.2 Å². The molecule has 1 amide bonds. The molecule has 2 rings (SSSR count). The molecule has 0 radical (unpaired) electrons. The van der Waals surface area contributed by atoms with E-state index in [-0.39, 0.29) is 25.5 Å². The number of hydrazine groups is 1. The van der Waals surface area contributed by atoms with E-state index < -0.39 is 17.8 Å². The van der Waals surface area contributed by atoms with Gasteiger partial charge >= 0.3 is 6.18 Å². The average Bonchev–Trinajstić information content (AvgIpc) is 2.71. The van der Waals surface area contributed by atoms with Crippen LogP contribution in [0.5, 0.6) is 0 Å². The van der Waals surface area contributed by atoms with E-state index in [2.05, 4.69) is 5.43 Å². The topological polar surface area (TPSA) is 52.6 Å². The molecule has 1 aliphatic rings. The summed E-state index contributed by atoms with van der Waals surface area (Å²) in [4.78, 5) is 11.6. The number of alkyl halides is 3. The number of rotatable bonds is 3. The Balaban J connectivity index is 2.18. The van der Waals surface area contributed by atoms with Gasteiger partial charge in [-0.3, -0.25) is 9.80 Å². The zero-order valence-electron chi connectivity index (χ0n) is 9.94. The van der Waals surface area contributed by atoms with Crippen LogP contribution < -0.4 is 5.43 Å². The van der Waals surface area contributed by atoms with E-state index in [1.807, 2.05) is 0 Å². The number of aliphatic hydroxyl groups excluding tert-OH is 1. The monoisotopic (exact) mass is 274 g/mol. The summed E-state index contributed by atoms with van der Waals surface area (Å²) < 4.78 is 37.8. The number of β-amino-alcohol motifs (C(OH)–C–C–N with tert-alkyl or cyclic N) is 1. The summed E-state index contributed by atoms with van der Waals surface area (Å²) in [5.41, 5.74) is 2.46. The van der Waals surface area contributed by atoms with Crippen molar-refractivity contribution in [1.82, 2.24) is 10.4 Å². The fraction of sp³-hybridized carbons (Fsp3) is 0.417. The van der Waals surface area contributed by atoms with E-state index in [4.69, 9.17) is 5.11 Å². The number of nitrogens with one attached hydrogen (secondary N) is 1. The number of benzene rings is 1. The molecule has 104 valence electrons. The highest BCUT2D eigenvalue weighted by molar-refractivity contribution is 5.78. The lowest BCUT2D eigenvalue weighted by Crippen LogP contribution is -2.37. The van der Waals surface area contributed by atoms with Gasteiger partial charge in [0.25, 0.3) is 0 Å². The Labute approximate surface area is 107 Å². The zero-order valence-corrected chi connectivity index (χ0v) is 9.94. The summed E-state index contributed by atoms with van der Waals surface area (Å²) in [5.74, 6) is -0.239. The van der Waals surface area contributed by atoms with Crippen molar-refractivity contribution in [2.24, 2.45) is 0 Å². The predicted molar refractivity (Wildman–Crippen MR) is 60.7 cm³/mol. The molecule has 2 N–H and O–H groups in total. The molecule has 1 aliphatic heterocycles. The van der Waals surface area contributed by atoms with Gasteiger partial charge < -0.3 is 5.11 Å². The first-order valence-electron chi connectivity index (χ1n) is 5.76. The van der Waals surface area contributed by atoms with Crippen LogP contribution in [0.2, 0.25) is 0 Å². The lowest BCUT2D eigenvalue weighted by Gasteiger charge is -2.17. The van der Waals surface area contributed by atoms with Crippen molar-refractivity contribution < 1.29 is 23.1 Å². The van der Waals surface area contributed by atoms with Crippen molar-refractivity contribution in [3.8, 4) is 0 Å². The maximum absolute atomic E-state index is 12.6. The van der Waals surface area contributed by atoms with Crippen molar-refractivity contribution in [3.63, 3.8) is 0 Å². The van der Waals surface area contributed by atoms with E-state index in [1.165, 1.54) is 11.1 Å². The molecule has 1 fully saturated rings. The summed E-state index contributed by atoms with van der Waals surface area (Å²) in [6.07, 6.45) is -4.31. The highest BCUT2D eigenvalue weighted by Gasteiger charge is 2.33. The Bertz CT molecular complexity index is 476. The van der Waals surface area contributed by atoms with Gasteiger partial charge in [-0.1, -0.05) is 12.1 Å². The SMILES string of the molecule is O=C1CC(c2cccc(C(F)(F)F)c2)NN1CCO. The third kappa shape index (κ3) is 3.05. The Morgan fingerprint density at radius 2 is 2.16 bits per heavy atom. The predicted octanol–water partition coefficient (Wildman–Crippen LogP) is 1.48. The van der Waals surface area contributed by atoms with Crippen LogP contribution in [0.4, 0.5) is 13.2 Å². The van der Waals surface area contributed by atoms with Crippen molar-refractivity contribution in [2.45, 2.75) is 18.6 Å². The third-order valence-electron chi connectivity index (χ3n) is 2.93. The smallest absolute Gasteiger partial charge is 0.394 e. The van der Waals surface area contributed by atoms with E-state index >= 15 is 0 Å². The summed E-state index contributed by atoms with van der Waals surface area (Å²) in [6.45, 7) is -0.0810. The van der Waals surface area contributed by atoms with Gasteiger partial charge in [0.1, 0.15) is 0 Å². The molecule has 0 saturated carbocycles. The number of carbonyl (C=O) groups excluding carboxylic acids is 1. The molecule has 7 heteroatoms. The number of aliphatic hydroxyl groups is 1. The normalized spacial score (nSPS) is 20.1. The number of carbonyl (C=O) groups is 1. The number of nitrogens with zero attached hydrogens (tertiary/aromatic N) is 1. The zero-order chi connectivity index (χ0) is 14.0. The molecule has 4 nitrogen and oxygen atoms in total. The maximum Gasteiger partial charge on any atom is 0.416 e. The van der Waals surface area contributed by atoms with Crippen LogP contribution in [0.3, 0.4) is 0 Å². The van der Waals surface area contributed by atoms with Gasteiger partial charge in [-0.2, -0.15) is 13.2 Å². The van der Waals surface area contributed by atoms with E-state index in [0.29, 0.717) is 5.56 Å². The fourth-order valence-corrected chi connectivity index (χ4v) is 2.00. The number of halogens is 3. The lowest BCUT2D eigenvalue weighted by molar-refractivity contribution is -0.137. The summed E-state index contributed by atoms with van der Waals surface area (Å²) >= 11 is 0. The minimum Gasteiger partial charge on any atom is -0.394 e. The van der Waals surface area contributed by atoms with Gasteiger partial charge in [-0.25, -0.2) is 5.43 Å². The van der Waals surface area contributed by atoms with Gasteiger partial charge in [0, 0.05) is 6.42 Å². The molecule has 0 spiro atoms. The minimum absolute atomic E-state index is 0.0846. The first-order chi connectivity index (χ1) is 8.91. The molecule has 1 saturated heterocycles. The second-order valence-corrected chi connectivity index (χ2v) is 4.28. The first kappa shape index (κ1) is 13.8. The van der Waals surface area contributed by atoms with E-state index in [9.17, 15) is 18.0 Å². The first-order valence-corrected chi connectivity index (χ1v) is 5.76. The van der Waals surface area contributed by atoms with Crippen molar-refractivity contribution in [1.29, 1.82) is 0 Å². The summed E-state index contributed by atoms with van der Waals surface area (Å²) in [5, 5.41) is 10.00. The molecule has 0 aromatic heterocycles. The third-order valence-corrected chi connectivity index (χ3v) is 2.93. The molecule has 0 aliphatic carbocycles. The lowest BCUT2D eigenvalue weighted by atomic mass is 10.0. The van der Waals surface area contributed by atoms with Gasteiger partial charge in [-0.15, -0.1) is 0 Å². The maximum atomic E-state index is 12.6. The Morgan fingerprint density at radius 3 is 2.79 bits per heavy atom. The van der Waals surface area contributed by atoms with Crippen LogP contribution >= 0.6 is 0 Å². The number of hydrogen-bond acceptors (Lipinski definition) is 3. The Morgan fingerprint density at radius 1 is 1.42 bits per heavy atom. The molecule has 1 heterocycles. The Hall–Kier alpha value is -1.60. The highest BCUT2D eigenvalue weighted by atomic mass is 19.4. The summed E-state index contributed by atoms with van der Waals surface area (Å²) in [6, 6.07) is 4.40. The average molecular weight is 274 g/mol. The van der Waals surface area contributed by atoms with Crippen LogP contribution in [-0.4, -0.2) is 29.2 Å². The minimum atomic E-state index is -4.40. The van der Waals surface area contributed by atoms with Crippen LogP contribution in [0.15, 0.2) is 24.3 Å². The van der Waals surface area contributed by atoms with Crippen molar-refractivity contribution in [3.05, 3.63) is 35.4 Å².